The van der Waals surface area contributed by atoms with E-state index in [1.165, 1.54) is 16.6 Å². The van der Waals surface area contributed by atoms with Crippen LogP contribution < -0.4 is 15.2 Å². The summed E-state index contributed by atoms with van der Waals surface area (Å²) in [5.74, 6) is -2.42. The topological polar surface area (TPSA) is 51.5 Å². The standard InChI is InChI=1S/C18H18F2N2O3/c1-3-21-6-4-5-15(18(21)24)22-10-11(7-16(22)23)17-13(19)8-12(25-2)9-14(17)20/h4-6,8-9,11H,3,7,10H2,1-2H3/t11-/m0/s1. The van der Waals surface area contributed by atoms with Gasteiger partial charge in [0.25, 0.3) is 5.56 Å². The second kappa shape index (κ2) is 6.66. The molecule has 0 unspecified atom stereocenters. The second-order valence-corrected chi connectivity index (χ2v) is 5.89. The molecule has 0 saturated carbocycles. The molecule has 0 radical (unpaired) electrons. The van der Waals surface area contributed by atoms with Gasteiger partial charge in [0.1, 0.15) is 23.1 Å². The Kier molecular flexibility index (Phi) is 4.57. The second-order valence-electron chi connectivity index (χ2n) is 5.89. The Morgan fingerprint density at radius 2 is 1.92 bits per heavy atom. The number of aromatic nitrogens is 1. The van der Waals surface area contributed by atoms with Gasteiger partial charge in [-0.05, 0) is 19.1 Å². The summed E-state index contributed by atoms with van der Waals surface area (Å²) in [6.07, 6.45) is 1.58. The number of carbonyl (C=O) groups excluding carboxylic acids is 1. The van der Waals surface area contributed by atoms with Gasteiger partial charge in [-0.1, -0.05) is 0 Å². The first-order chi connectivity index (χ1) is 12.0. The largest absolute Gasteiger partial charge is 0.497 e. The van der Waals surface area contributed by atoms with Gasteiger partial charge in [-0.2, -0.15) is 0 Å². The Labute approximate surface area is 143 Å². The summed E-state index contributed by atoms with van der Waals surface area (Å²) in [6, 6.07) is 5.42. The summed E-state index contributed by atoms with van der Waals surface area (Å²) in [5.41, 5.74) is -0.218. The highest BCUT2D eigenvalue weighted by atomic mass is 19.1. The minimum absolute atomic E-state index is 0.0549. The summed E-state index contributed by atoms with van der Waals surface area (Å²) in [4.78, 5) is 26.1. The van der Waals surface area contributed by atoms with Crippen LogP contribution in [0.4, 0.5) is 14.5 Å². The number of aryl methyl sites for hydroxylation is 1. The highest BCUT2D eigenvalue weighted by Crippen LogP contribution is 2.35. The van der Waals surface area contributed by atoms with Crippen molar-refractivity contribution in [3.8, 4) is 5.75 Å². The molecular weight excluding hydrogens is 330 g/mol. The molecule has 25 heavy (non-hydrogen) atoms. The lowest BCUT2D eigenvalue weighted by atomic mass is 9.97. The maximum absolute atomic E-state index is 14.3. The fourth-order valence-corrected chi connectivity index (χ4v) is 3.18. The van der Waals surface area contributed by atoms with Crippen molar-refractivity contribution in [2.45, 2.75) is 25.8 Å². The lowest BCUT2D eigenvalue weighted by Gasteiger charge is -2.18. The number of hydrogen-bond acceptors (Lipinski definition) is 3. The molecule has 1 aromatic heterocycles. The van der Waals surface area contributed by atoms with Gasteiger partial charge >= 0.3 is 0 Å². The van der Waals surface area contributed by atoms with Crippen molar-refractivity contribution >= 4 is 11.6 Å². The highest BCUT2D eigenvalue weighted by Gasteiger charge is 2.36. The van der Waals surface area contributed by atoms with E-state index in [2.05, 4.69) is 0 Å². The predicted octanol–water partition coefficient (Wildman–Crippen LogP) is 2.68. The van der Waals surface area contributed by atoms with Gasteiger partial charge in [0, 0.05) is 49.3 Å². The van der Waals surface area contributed by atoms with Crippen molar-refractivity contribution in [2.75, 3.05) is 18.6 Å². The first-order valence-electron chi connectivity index (χ1n) is 7.99. The van der Waals surface area contributed by atoms with Crippen molar-refractivity contribution in [1.29, 1.82) is 0 Å². The van der Waals surface area contributed by atoms with E-state index in [-0.39, 0.29) is 41.4 Å². The third-order valence-electron chi connectivity index (χ3n) is 4.45. The van der Waals surface area contributed by atoms with Crippen LogP contribution >= 0.6 is 0 Å². The minimum Gasteiger partial charge on any atom is -0.497 e. The highest BCUT2D eigenvalue weighted by molar-refractivity contribution is 5.96. The average molecular weight is 348 g/mol. The van der Waals surface area contributed by atoms with Gasteiger partial charge in [0.2, 0.25) is 5.91 Å². The molecule has 1 amide bonds. The third kappa shape index (κ3) is 3.01. The Hall–Kier alpha value is -2.70. The Bertz CT molecular complexity index is 856. The summed E-state index contributed by atoms with van der Waals surface area (Å²) < 4.78 is 34.9. The van der Waals surface area contributed by atoms with Crippen LogP contribution in [0.15, 0.2) is 35.3 Å². The van der Waals surface area contributed by atoms with Crippen LogP contribution in [0, 0.1) is 11.6 Å². The Morgan fingerprint density at radius 3 is 2.52 bits per heavy atom. The summed E-state index contributed by atoms with van der Waals surface area (Å²) in [7, 11) is 1.32. The number of benzene rings is 1. The SMILES string of the molecule is CCn1cccc(N2C[C@@H](c3c(F)cc(OC)cc3F)CC2=O)c1=O. The number of methoxy groups -OCH3 is 1. The van der Waals surface area contributed by atoms with Crippen LogP contribution in [0.1, 0.15) is 24.8 Å². The number of carbonyl (C=O) groups is 1. The number of ether oxygens (including phenoxy) is 1. The molecule has 0 aliphatic carbocycles. The van der Waals surface area contributed by atoms with E-state index in [1.807, 2.05) is 6.92 Å². The van der Waals surface area contributed by atoms with E-state index in [9.17, 15) is 18.4 Å². The normalized spacial score (nSPS) is 17.2. The van der Waals surface area contributed by atoms with Gasteiger partial charge in [0.05, 0.1) is 7.11 Å². The van der Waals surface area contributed by atoms with E-state index in [0.29, 0.717) is 6.54 Å². The quantitative estimate of drug-likeness (QED) is 0.854. The first kappa shape index (κ1) is 17.1. The molecule has 1 fully saturated rings. The molecule has 1 atom stereocenters. The molecule has 0 N–H and O–H groups in total. The van der Waals surface area contributed by atoms with Crippen molar-refractivity contribution < 1.29 is 18.3 Å². The van der Waals surface area contributed by atoms with E-state index in [4.69, 9.17) is 4.74 Å². The number of anilines is 1. The fraction of sp³-hybridized carbons (Fsp3) is 0.333. The lowest BCUT2D eigenvalue weighted by Crippen LogP contribution is -2.32. The molecule has 132 valence electrons. The lowest BCUT2D eigenvalue weighted by molar-refractivity contribution is -0.117. The molecule has 0 bridgehead atoms. The van der Waals surface area contributed by atoms with Crippen LogP contribution in [0.2, 0.25) is 0 Å². The summed E-state index contributed by atoms with van der Waals surface area (Å²) in [6.45, 7) is 2.35. The molecule has 0 spiro atoms. The number of halogens is 2. The Morgan fingerprint density at radius 1 is 1.24 bits per heavy atom. The monoisotopic (exact) mass is 348 g/mol. The predicted molar refractivity (Wildman–Crippen MR) is 89.0 cm³/mol. The molecule has 1 saturated heterocycles. The maximum Gasteiger partial charge on any atom is 0.274 e. The molecule has 3 rings (SSSR count). The molecule has 1 aliphatic rings. The average Bonchev–Trinajstić information content (AvgIpc) is 2.95. The van der Waals surface area contributed by atoms with Crippen LogP contribution in [0.3, 0.4) is 0 Å². The molecule has 2 heterocycles. The summed E-state index contributed by atoms with van der Waals surface area (Å²) in [5, 5.41) is 0. The number of amides is 1. The van der Waals surface area contributed by atoms with Crippen molar-refractivity contribution in [1.82, 2.24) is 4.57 Å². The first-order valence-corrected chi connectivity index (χ1v) is 7.99. The number of rotatable bonds is 4. The van der Waals surface area contributed by atoms with Crippen molar-refractivity contribution in [3.63, 3.8) is 0 Å². The third-order valence-corrected chi connectivity index (χ3v) is 4.45. The van der Waals surface area contributed by atoms with Crippen LogP contribution in [-0.4, -0.2) is 24.1 Å². The zero-order valence-electron chi connectivity index (χ0n) is 14.0. The van der Waals surface area contributed by atoms with Crippen LogP contribution in [0.5, 0.6) is 5.75 Å². The van der Waals surface area contributed by atoms with Crippen LogP contribution in [-0.2, 0) is 11.3 Å². The van der Waals surface area contributed by atoms with Gasteiger partial charge in [-0.25, -0.2) is 8.78 Å². The minimum atomic E-state index is -0.754. The maximum atomic E-state index is 14.3. The van der Waals surface area contributed by atoms with Gasteiger partial charge < -0.3 is 14.2 Å². The van der Waals surface area contributed by atoms with E-state index in [0.717, 1.165) is 12.1 Å². The smallest absolute Gasteiger partial charge is 0.274 e. The number of pyridine rings is 1. The molecule has 1 aliphatic heterocycles. The molecular formula is C18H18F2N2O3. The molecule has 5 nitrogen and oxygen atoms in total. The van der Waals surface area contributed by atoms with Crippen LogP contribution in [0.25, 0.3) is 0 Å². The number of hydrogen-bond donors (Lipinski definition) is 0. The summed E-state index contributed by atoms with van der Waals surface area (Å²) >= 11 is 0. The molecule has 7 heteroatoms. The van der Waals surface area contributed by atoms with Gasteiger partial charge in [0.15, 0.2) is 0 Å². The number of nitrogens with zero attached hydrogens (tertiary/aromatic N) is 2. The molecule has 1 aromatic carbocycles. The van der Waals surface area contributed by atoms with Gasteiger partial charge in [-0.15, -0.1) is 0 Å². The van der Waals surface area contributed by atoms with Crippen molar-refractivity contribution in [3.05, 3.63) is 58.0 Å². The zero-order chi connectivity index (χ0) is 18.1. The van der Waals surface area contributed by atoms with E-state index >= 15 is 0 Å². The fourth-order valence-electron chi connectivity index (χ4n) is 3.18. The van der Waals surface area contributed by atoms with Crippen molar-refractivity contribution in [2.24, 2.45) is 0 Å². The molecule has 2 aromatic rings. The zero-order valence-corrected chi connectivity index (χ0v) is 14.0. The Balaban J connectivity index is 1.95. The van der Waals surface area contributed by atoms with Gasteiger partial charge in [-0.3, -0.25) is 9.59 Å². The van der Waals surface area contributed by atoms with E-state index < -0.39 is 17.6 Å². The van der Waals surface area contributed by atoms with E-state index in [1.54, 1.807) is 18.3 Å².